The van der Waals surface area contributed by atoms with E-state index in [2.05, 4.69) is 0 Å². The highest BCUT2D eigenvalue weighted by Crippen LogP contribution is 2.26. The van der Waals surface area contributed by atoms with Crippen molar-refractivity contribution in [2.45, 2.75) is 13.3 Å². The summed E-state index contributed by atoms with van der Waals surface area (Å²) in [6.07, 6.45) is 1.65. The number of carbonyl (C=O) groups excluding carboxylic acids is 1. The van der Waals surface area contributed by atoms with Crippen molar-refractivity contribution in [3.63, 3.8) is 0 Å². The third-order valence-corrected chi connectivity index (χ3v) is 3.05. The van der Waals surface area contributed by atoms with Crippen LogP contribution in [0.15, 0.2) is 12.1 Å². The molecule has 0 bridgehead atoms. The number of anilines is 1. The lowest BCUT2D eigenvalue weighted by Crippen LogP contribution is -2.20. The summed E-state index contributed by atoms with van der Waals surface area (Å²) >= 11 is 0. The number of halogens is 2. The van der Waals surface area contributed by atoms with E-state index in [0.717, 1.165) is 12.7 Å². The van der Waals surface area contributed by atoms with Gasteiger partial charge < -0.3 is 9.69 Å². The molecule has 86 valence electrons. The molecule has 0 aliphatic carbocycles. The van der Waals surface area contributed by atoms with Gasteiger partial charge in [-0.05, 0) is 25.5 Å². The highest BCUT2D eigenvalue weighted by atomic mass is 19.1. The fourth-order valence-corrected chi connectivity index (χ4v) is 1.95. The number of benzene rings is 1. The number of aldehydes is 1. The maximum absolute atomic E-state index is 13.3. The highest BCUT2D eigenvalue weighted by molar-refractivity contribution is 5.59. The number of hydrogen-bond acceptors (Lipinski definition) is 2. The number of carbonyl (C=O) groups is 1. The van der Waals surface area contributed by atoms with Crippen molar-refractivity contribution in [2.24, 2.45) is 5.92 Å². The van der Waals surface area contributed by atoms with Crippen LogP contribution in [0.3, 0.4) is 0 Å². The van der Waals surface area contributed by atoms with E-state index >= 15 is 0 Å². The van der Waals surface area contributed by atoms with Gasteiger partial charge in [-0.15, -0.1) is 0 Å². The molecule has 1 aliphatic heterocycles. The maximum atomic E-state index is 13.3. The molecule has 2 rings (SSSR count). The lowest BCUT2D eigenvalue weighted by Gasteiger charge is -2.18. The number of nitrogens with zero attached hydrogens (tertiary/aromatic N) is 1. The summed E-state index contributed by atoms with van der Waals surface area (Å²) in [5.74, 6) is -1.10. The second kappa shape index (κ2) is 4.20. The predicted octanol–water partition coefficient (Wildman–Crippen LogP) is 2.30. The van der Waals surface area contributed by atoms with E-state index in [1.807, 2.05) is 4.90 Å². The van der Waals surface area contributed by atoms with E-state index < -0.39 is 11.6 Å². The van der Waals surface area contributed by atoms with Crippen LogP contribution in [0, 0.1) is 24.5 Å². The fourth-order valence-electron chi connectivity index (χ4n) is 1.95. The van der Waals surface area contributed by atoms with Crippen LogP contribution >= 0.6 is 0 Å². The predicted molar refractivity (Wildman–Crippen MR) is 57.5 cm³/mol. The van der Waals surface area contributed by atoms with Crippen LogP contribution in [0.5, 0.6) is 0 Å². The van der Waals surface area contributed by atoms with Gasteiger partial charge >= 0.3 is 0 Å². The first kappa shape index (κ1) is 11.0. The van der Waals surface area contributed by atoms with Crippen LogP contribution in [-0.2, 0) is 4.79 Å². The van der Waals surface area contributed by atoms with Gasteiger partial charge in [0.15, 0.2) is 0 Å². The lowest BCUT2D eigenvalue weighted by atomic mass is 10.1. The summed E-state index contributed by atoms with van der Waals surface area (Å²) in [6, 6.07) is 2.65. The van der Waals surface area contributed by atoms with Gasteiger partial charge in [0.1, 0.15) is 17.9 Å². The molecule has 4 heteroatoms. The molecule has 0 unspecified atom stereocenters. The topological polar surface area (TPSA) is 20.3 Å². The molecule has 1 aromatic carbocycles. The highest BCUT2D eigenvalue weighted by Gasteiger charge is 2.23. The van der Waals surface area contributed by atoms with Gasteiger partial charge in [-0.1, -0.05) is 0 Å². The van der Waals surface area contributed by atoms with Gasteiger partial charge in [0.05, 0.1) is 0 Å². The van der Waals surface area contributed by atoms with Crippen molar-refractivity contribution in [1.82, 2.24) is 0 Å². The van der Waals surface area contributed by atoms with Crippen LogP contribution in [0.2, 0.25) is 0 Å². The number of hydrogen-bond donors (Lipinski definition) is 0. The summed E-state index contributed by atoms with van der Waals surface area (Å²) in [4.78, 5) is 12.4. The van der Waals surface area contributed by atoms with Crippen molar-refractivity contribution >= 4 is 12.0 Å². The average Bonchev–Trinajstić information content (AvgIpc) is 2.73. The fraction of sp³-hybridized carbons (Fsp3) is 0.417. The van der Waals surface area contributed by atoms with Gasteiger partial charge in [0.25, 0.3) is 0 Å². The first-order chi connectivity index (χ1) is 7.61. The summed E-state index contributed by atoms with van der Waals surface area (Å²) in [6.45, 7) is 2.63. The molecule has 0 N–H and O–H groups in total. The molecular formula is C12H13F2NO. The van der Waals surface area contributed by atoms with E-state index in [1.165, 1.54) is 19.1 Å². The molecule has 1 heterocycles. The zero-order chi connectivity index (χ0) is 11.7. The van der Waals surface area contributed by atoms with Crippen molar-refractivity contribution in [2.75, 3.05) is 18.0 Å². The molecular weight excluding hydrogens is 212 g/mol. The lowest BCUT2D eigenvalue weighted by molar-refractivity contribution is -0.110. The van der Waals surface area contributed by atoms with Crippen molar-refractivity contribution in [3.05, 3.63) is 29.3 Å². The maximum Gasteiger partial charge on any atom is 0.131 e. The van der Waals surface area contributed by atoms with E-state index in [0.29, 0.717) is 18.8 Å². The minimum absolute atomic E-state index is 0.0209. The SMILES string of the molecule is Cc1c(F)cc(N2CC[C@@H](C=O)C2)cc1F. The molecule has 1 aliphatic rings. The number of rotatable bonds is 2. The summed E-state index contributed by atoms with van der Waals surface area (Å²) in [5, 5.41) is 0. The molecule has 1 saturated heterocycles. The zero-order valence-corrected chi connectivity index (χ0v) is 9.04. The van der Waals surface area contributed by atoms with Crippen LogP contribution in [-0.4, -0.2) is 19.4 Å². The standard InChI is InChI=1S/C12H13F2NO/c1-8-11(13)4-10(5-12(8)14)15-3-2-9(6-15)7-16/h4-5,7,9H,2-3,6H2,1H3/t9-/m1/s1. The first-order valence-electron chi connectivity index (χ1n) is 5.27. The molecule has 1 atom stereocenters. The van der Waals surface area contributed by atoms with Gasteiger partial charge in [0.2, 0.25) is 0 Å². The Morgan fingerprint density at radius 1 is 1.38 bits per heavy atom. The Balaban J connectivity index is 2.25. The van der Waals surface area contributed by atoms with E-state index in [9.17, 15) is 13.6 Å². The van der Waals surface area contributed by atoms with Gasteiger partial charge in [-0.2, -0.15) is 0 Å². The summed E-state index contributed by atoms with van der Waals surface area (Å²) < 4.78 is 26.7. The quantitative estimate of drug-likeness (QED) is 0.720. The molecule has 1 fully saturated rings. The molecule has 1 aromatic rings. The second-order valence-corrected chi connectivity index (χ2v) is 4.17. The van der Waals surface area contributed by atoms with Gasteiger partial charge in [-0.3, -0.25) is 0 Å². The largest absolute Gasteiger partial charge is 0.371 e. The first-order valence-corrected chi connectivity index (χ1v) is 5.27. The average molecular weight is 225 g/mol. The molecule has 0 amide bonds. The van der Waals surface area contributed by atoms with E-state index in [4.69, 9.17) is 0 Å². The Morgan fingerprint density at radius 3 is 2.50 bits per heavy atom. The molecule has 0 aromatic heterocycles. The Hall–Kier alpha value is -1.45. The Morgan fingerprint density at radius 2 is 2.00 bits per heavy atom. The van der Waals surface area contributed by atoms with Crippen LogP contribution in [0.1, 0.15) is 12.0 Å². The molecule has 16 heavy (non-hydrogen) atoms. The molecule has 0 radical (unpaired) electrons. The van der Waals surface area contributed by atoms with Crippen LogP contribution < -0.4 is 4.90 Å². The molecule has 0 saturated carbocycles. The third-order valence-electron chi connectivity index (χ3n) is 3.05. The Labute approximate surface area is 92.9 Å². The minimum Gasteiger partial charge on any atom is -0.371 e. The summed E-state index contributed by atoms with van der Waals surface area (Å²) in [5.41, 5.74) is 0.555. The third kappa shape index (κ3) is 1.92. The normalized spacial score (nSPS) is 20.2. The zero-order valence-electron chi connectivity index (χ0n) is 9.04. The van der Waals surface area contributed by atoms with Crippen LogP contribution in [0.4, 0.5) is 14.5 Å². The van der Waals surface area contributed by atoms with Crippen molar-refractivity contribution in [3.8, 4) is 0 Å². The molecule has 0 spiro atoms. The van der Waals surface area contributed by atoms with E-state index in [1.54, 1.807) is 0 Å². The van der Waals surface area contributed by atoms with Crippen molar-refractivity contribution in [1.29, 1.82) is 0 Å². The minimum atomic E-state index is -0.537. The summed E-state index contributed by atoms with van der Waals surface area (Å²) in [7, 11) is 0. The van der Waals surface area contributed by atoms with Crippen LogP contribution in [0.25, 0.3) is 0 Å². The second-order valence-electron chi connectivity index (χ2n) is 4.17. The van der Waals surface area contributed by atoms with Gasteiger partial charge in [-0.25, -0.2) is 8.78 Å². The molecule has 2 nitrogen and oxygen atoms in total. The Kier molecular flexibility index (Phi) is 2.90. The van der Waals surface area contributed by atoms with Crippen molar-refractivity contribution < 1.29 is 13.6 Å². The van der Waals surface area contributed by atoms with E-state index in [-0.39, 0.29) is 11.5 Å². The van der Waals surface area contributed by atoms with Gasteiger partial charge in [0, 0.05) is 30.3 Å². The monoisotopic (exact) mass is 225 g/mol. The smallest absolute Gasteiger partial charge is 0.131 e. The Bertz CT molecular complexity index is 396.